The zero-order valence-corrected chi connectivity index (χ0v) is 18.1. The predicted molar refractivity (Wildman–Crippen MR) is 122 cm³/mol. The quantitative estimate of drug-likeness (QED) is 0.493. The SMILES string of the molecule is c1cc2cc(CNC3CCCC3)[nH]c2cc1Cn1cc(C2CCCC3NNCC32)nn1. The van der Waals surface area contributed by atoms with Crippen molar-refractivity contribution in [2.75, 3.05) is 6.54 Å². The van der Waals surface area contributed by atoms with Gasteiger partial charge in [0.25, 0.3) is 0 Å². The van der Waals surface area contributed by atoms with E-state index in [2.05, 4.69) is 61.9 Å². The van der Waals surface area contributed by atoms with Crippen LogP contribution >= 0.6 is 0 Å². The third-order valence-electron chi connectivity index (χ3n) is 7.65. The Labute approximate surface area is 183 Å². The van der Waals surface area contributed by atoms with Crippen molar-refractivity contribution >= 4 is 10.9 Å². The van der Waals surface area contributed by atoms with Crippen LogP contribution in [0.4, 0.5) is 0 Å². The lowest BCUT2D eigenvalue weighted by molar-refractivity contribution is 0.287. The van der Waals surface area contributed by atoms with Gasteiger partial charge in [-0.3, -0.25) is 10.9 Å². The largest absolute Gasteiger partial charge is 0.357 e. The molecule has 3 heterocycles. The smallest absolute Gasteiger partial charge is 0.0862 e. The van der Waals surface area contributed by atoms with Crippen LogP contribution in [-0.4, -0.2) is 38.6 Å². The standard InChI is InChI=1S/C24H33N7/c1-2-5-18(4-1)25-12-19-11-17-9-8-16(10-23(17)27-19)14-31-15-24(29-30-31)20-6-3-7-22-21(20)13-26-28-22/h8-11,15,18,20-22,25-28H,1-7,12-14H2. The molecule has 0 spiro atoms. The maximum Gasteiger partial charge on any atom is 0.0862 e. The molecule has 0 radical (unpaired) electrons. The van der Waals surface area contributed by atoms with Crippen LogP contribution in [0.2, 0.25) is 0 Å². The van der Waals surface area contributed by atoms with Crippen LogP contribution in [0.25, 0.3) is 10.9 Å². The van der Waals surface area contributed by atoms with Gasteiger partial charge in [0.05, 0.1) is 12.2 Å². The van der Waals surface area contributed by atoms with Crippen molar-refractivity contribution in [3.63, 3.8) is 0 Å². The molecule has 3 aliphatic rings. The van der Waals surface area contributed by atoms with Gasteiger partial charge in [-0.25, -0.2) is 4.68 Å². The van der Waals surface area contributed by atoms with Gasteiger partial charge >= 0.3 is 0 Å². The maximum atomic E-state index is 4.57. The predicted octanol–water partition coefficient (Wildman–Crippen LogP) is 3.20. The third-order valence-corrected chi connectivity index (χ3v) is 7.65. The van der Waals surface area contributed by atoms with Crippen LogP contribution in [0, 0.1) is 5.92 Å². The van der Waals surface area contributed by atoms with Gasteiger partial charge in [0, 0.05) is 48.5 Å². The summed E-state index contributed by atoms with van der Waals surface area (Å²) in [4.78, 5) is 3.61. The molecule has 6 rings (SSSR count). The number of rotatable bonds is 6. The van der Waals surface area contributed by atoms with E-state index < -0.39 is 0 Å². The minimum Gasteiger partial charge on any atom is -0.357 e. The summed E-state index contributed by atoms with van der Waals surface area (Å²) in [7, 11) is 0. The number of hydrazine groups is 1. The van der Waals surface area contributed by atoms with Crippen molar-refractivity contribution in [2.45, 2.75) is 76.0 Å². The van der Waals surface area contributed by atoms with E-state index in [4.69, 9.17) is 0 Å². The minimum atomic E-state index is 0.510. The first-order chi connectivity index (χ1) is 15.3. The highest BCUT2D eigenvalue weighted by molar-refractivity contribution is 5.81. The normalized spacial score (nSPS) is 26.6. The minimum absolute atomic E-state index is 0.510. The Bertz CT molecular complexity index is 1030. The molecule has 7 heteroatoms. The van der Waals surface area contributed by atoms with Crippen molar-refractivity contribution in [3.8, 4) is 0 Å². The zero-order chi connectivity index (χ0) is 20.6. The number of hydrogen-bond donors (Lipinski definition) is 4. The topological polar surface area (TPSA) is 82.6 Å². The number of fused-ring (bicyclic) bond motifs is 2. The Hall–Kier alpha value is -2.22. The van der Waals surface area contributed by atoms with E-state index in [1.165, 1.54) is 67.1 Å². The Morgan fingerprint density at radius 2 is 2.00 bits per heavy atom. The molecule has 0 amide bonds. The van der Waals surface area contributed by atoms with Crippen molar-refractivity contribution < 1.29 is 0 Å². The van der Waals surface area contributed by atoms with E-state index in [1.807, 2.05) is 4.68 Å². The van der Waals surface area contributed by atoms with Crippen LogP contribution in [-0.2, 0) is 13.1 Å². The second-order valence-electron chi connectivity index (χ2n) is 9.75. The lowest BCUT2D eigenvalue weighted by Gasteiger charge is -2.31. The van der Waals surface area contributed by atoms with E-state index in [0.29, 0.717) is 23.9 Å². The van der Waals surface area contributed by atoms with Gasteiger partial charge in [-0.05, 0) is 54.7 Å². The molecule has 4 N–H and O–H groups in total. The number of nitrogens with zero attached hydrogens (tertiary/aromatic N) is 3. The molecule has 1 saturated heterocycles. The second-order valence-corrected chi connectivity index (χ2v) is 9.75. The first-order valence-corrected chi connectivity index (χ1v) is 12.0. The number of H-pyrrole nitrogens is 1. The summed E-state index contributed by atoms with van der Waals surface area (Å²) in [5, 5.41) is 14.0. The summed E-state index contributed by atoms with van der Waals surface area (Å²) >= 11 is 0. The van der Waals surface area contributed by atoms with Crippen LogP contribution in [0.3, 0.4) is 0 Å². The van der Waals surface area contributed by atoms with Crippen LogP contribution < -0.4 is 16.2 Å². The molecule has 3 fully saturated rings. The van der Waals surface area contributed by atoms with Gasteiger partial charge < -0.3 is 10.3 Å². The number of benzene rings is 1. The van der Waals surface area contributed by atoms with Gasteiger partial charge in [0.1, 0.15) is 0 Å². The highest BCUT2D eigenvalue weighted by atomic mass is 15.4. The summed E-state index contributed by atoms with van der Waals surface area (Å²) in [6.45, 7) is 2.72. The molecule has 1 aromatic carbocycles. The molecule has 2 aliphatic carbocycles. The Balaban J connectivity index is 1.13. The van der Waals surface area contributed by atoms with E-state index in [9.17, 15) is 0 Å². The fourth-order valence-corrected chi connectivity index (χ4v) is 5.96. The summed E-state index contributed by atoms with van der Waals surface area (Å²) in [6, 6.07) is 10.2. The monoisotopic (exact) mass is 419 g/mol. The molecule has 31 heavy (non-hydrogen) atoms. The van der Waals surface area contributed by atoms with E-state index in [0.717, 1.165) is 25.3 Å². The van der Waals surface area contributed by atoms with E-state index in [1.54, 1.807) is 0 Å². The lowest BCUT2D eigenvalue weighted by atomic mass is 9.75. The first kappa shape index (κ1) is 19.5. The Morgan fingerprint density at radius 1 is 1.06 bits per heavy atom. The third kappa shape index (κ3) is 4.02. The molecule has 3 aromatic rings. The van der Waals surface area contributed by atoms with E-state index >= 15 is 0 Å². The molecule has 164 valence electrons. The van der Waals surface area contributed by atoms with Crippen molar-refractivity contribution in [1.29, 1.82) is 0 Å². The average Bonchev–Trinajstić information content (AvgIpc) is 3.58. The molecular formula is C24H33N7. The molecule has 3 unspecified atom stereocenters. The molecule has 0 bridgehead atoms. The zero-order valence-electron chi connectivity index (χ0n) is 18.1. The second kappa shape index (κ2) is 8.37. The summed E-state index contributed by atoms with van der Waals surface area (Å²) in [6.07, 6.45) is 11.3. The average molecular weight is 420 g/mol. The van der Waals surface area contributed by atoms with Gasteiger partial charge in [0.2, 0.25) is 0 Å². The molecule has 2 aromatic heterocycles. The van der Waals surface area contributed by atoms with Crippen molar-refractivity contribution in [2.24, 2.45) is 5.92 Å². The van der Waals surface area contributed by atoms with Gasteiger partial charge in [-0.15, -0.1) is 5.10 Å². The number of aromatic amines is 1. The van der Waals surface area contributed by atoms with E-state index in [-0.39, 0.29) is 0 Å². The maximum absolute atomic E-state index is 4.57. The molecule has 1 aliphatic heterocycles. The number of aromatic nitrogens is 4. The lowest BCUT2D eigenvalue weighted by Crippen LogP contribution is -2.36. The Morgan fingerprint density at radius 3 is 2.94 bits per heavy atom. The van der Waals surface area contributed by atoms with Gasteiger partial charge in [-0.1, -0.05) is 36.6 Å². The fourth-order valence-electron chi connectivity index (χ4n) is 5.96. The van der Waals surface area contributed by atoms with Gasteiger partial charge in [0.15, 0.2) is 0 Å². The van der Waals surface area contributed by atoms with Crippen molar-refractivity contribution in [1.82, 2.24) is 36.1 Å². The summed E-state index contributed by atoms with van der Waals surface area (Å²) in [5.74, 6) is 1.14. The van der Waals surface area contributed by atoms with Crippen LogP contribution in [0.1, 0.15) is 67.8 Å². The fraction of sp³-hybridized carbons (Fsp3) is 0.583. The molecule has 3 atom stereocenters. The van der Waals surface area contributed by atoms with Gasteiger partial charge in [-0.2, -0.15) is 0 Å². The molecule has 2 saturated carbocycles. The number of hydrogen-bond acceptors (Lipinski definition) is 5. The Kier molecular flexibility index (Phi) is 5.26. The summed E-state index contributed by atoms with van der Waals surface area (Å²) in [5.41, 5.74) is 11.7. The highest BCUT2D eigenvalue weighted by Gasteiger charge is 2.38. The van der Waals surface area contributed by atoms with Crippen LogP contribution in [0.5, 0.6) is 0 Å². The highest BCUT2D eigenvalue weighted by Crippen LogP contribution is 2.38. The first-order valence-electron chi connectivity index (χ1n) is 12.0. The molecular weight excluding hydrogens is 386 g/mol. The molecule has 7 nitrogen and oxygen atoms in total. The van der Waals surface area contributed by atoms with Crippen LogP contribution in [0.15, 0.2) is 30.5 Å². The number of nitrogens with one attached hydrogen (secondary N) is 4. The van der Waals surface area contributed by atoms with Crippen molar-refractivity contribution in [3.05, 3.63) is 47.4 Å². The summed E-state index contributed by atoms with van der Waals surface area (Å²) < 4.78 is 2.00.